The van der Waals surface area contributed by atoms with Crippen LogP contribution >= 0.6 is 11.3 Å². The zero-order valence-electron chi connectivity index (χ0n) is 24.1. The zero-order chi connectivity index (χ0) is 29.3. The standard InChI is InChI=1S/C34H23N.C8H6S/c1-3-11-24(12-4-1)25-19-21-26(22-20-25)31-23-32-29-16-9-10-18-33(29)35(27-13-5-2-6-14-27)34(32)30-17-8-7-15-28(30)31;1-2-4-8-7(3-1)5-6-9-8/h1-23H;1-6H. The van der Waals surface area contributed by atoms with Crippen LogP contribution in [0.1, 0.15) is 0 Å². The summed E-state index contributed by atoms with van der Waals surface area (Å²) < 4.78 is 3.78. The summed E-state index contributed by atoms with van der Waals surface area (Å²) in [5.41, 5.74) is 8.66. The second-order valence-corrected chi connectivity index (χ2v) is 11.9. The van der Waals surface area contributed by atoms with Crippen molar-refractivity contribution in [2.24, 2.45) is 0 Å². The van der Waals surface area contributed by atoms with E-state index in [4.69, 9.17) is 0 Å². The maximum Gasteiger partial charge on any atom is 0.0619 e. The molecule has 0 aliphatic rings. The molecule has 208 valence electrons. The second kappa shape index (κ2) is 11.3. The van der Waals surface area contributed by atoms with Crippen LogP contribution in [0.25, 0.3) is 70.6 Å². The fraction of sp³-hybridized carbons (Fsp3) is 0. The monoisotopic (exact) mass is 579 g/mol. The van der Waals surface area contributed by atoms with Gasteiger partial charge in [0.05, 0.1) is 11.0 Å². The number of nitrogens with zero attached hydrogens (tertiary/aromatic N) is 1. The Morgan fingerprint density at radius 3 is 1.77 bits per heavy atom. The maximum atomic E-state index is 2.41. The Labute approximate surface area is 260 Å². The first-order chi connectivity index (χ1) is 21.8. The molecule has 0 saturated carbocycles. The molecule has 0 fully saturated rings. The summed E-state index contributed by atoms with van der Waals surface area (Å²) in [5, 5.41) is 8.57. The van der Waals surface area contributed by atoms with E-state index in [2.05, 4.69) is 180 Å². The van der Waals surface area contributed by atoms with Crippen molar-refractivity contribution in [3.05, 3.63) is 175 Å². The van der Waals surface area contributed by atoms with E-state index in [1.54, 1.807) is 11.3 Å². The van der Waals surface area contributed by atoms with Gasteiger partial charge in [-0.05, 0) is 74.8 Å². The van der Waals surface area contributed by atoms with Gasteiger partial charge in [0, 0.05) is 26.5 Å². The van der Waals surface area contributed by atoms with E-state index in [0.717, 1.165) is 0 Å². The topological polar surface area (TPSA) is 4.93 Å². The highest BCUT2D eigenvalue weighted by Crippen LogP contribution is 2.41. The van der Waals surface area contributed by atoms with Crippen molar-refractivity contribution in [2.45, 2.75) is 0 Å². The van der Waals surface area contributed by atoms with Crippen molar-refractivity contribution < 1.29 is 0 Å². The average molecular weight is 580 g/mol. The fourth-order valence-corrected chi connectivity index (χ4v) is 7.08. The first-order valence-electron chi connectivity index (χ1n) is 14.9. The summed E-state index contributed by atoms with van der Waals surface area (Å²) in [6.07, 6.45) is 0. The molecule has 2 aromatic heterocycles. The number of para-hydroxylation sites is 2. The van der Waals surface area contributed by atoms with E-state index in [1.165, 1.54) is 70.6 Å². The Bertz CT molecular complexity index is 2330. The highest BCUT2D eigenvalue weighted by atomic mass is 32.1. The van der Waals surface area contributed by atoms with Crippen LogP contribution < -0.4 is 0 Å². The molecule has 0 aliphatic heterocycles. The van der Waals surface area contributed by atoms with Gasteiger partial charge in [0.25, 0.3) is 0 Å². The van der Waals surface area contributed by atoms with Gasteiger partial charge in [0.1, 0.15) is 0 Å². The molecule has 0 amide bonds. The van der Waals surface area contributed by atoms with E-state index < -0.39 is 0 Å². The van der Waals surface area contributed by atoms with E-state index in [1.807, 2.05) is 0 Å². The van der Waals surface area contributed by atoms with Crippen LogP contribution in [0.3, 0.4) is 0 Å². The number of benzene rings is 7. The molecule has 0 saturated heterocycles. The van der Waals surface area contributed by atoms with Crippen LogP contribution in [-0.2, 0) is 0 Å². The SMILES string of the molecule is c1ccc(-c2ccc(-c3cc4c5ccccc5n(-c5ccccc5)c4c4ccccc34)cc2)cc1.c1ccc2sccc2c1. The van der Waals surface area contributed by atoms with E-state index >= 15 is 0 Å². The second-order valence-electron chi connectivity index (χ2n) is 11.0. The normalized spacial score (nSPS) is 11.2. The lowest BCUT2D eigenvalue weighted by Gasteiger charge is -2.13. The van der Waals surface area contributed by atoms with Crippen molar-refractivity contribution in [3.8, 4) is 27.9 Å². The number of aromatic nitrogens is 1. The van der Waals surface area contributed by atoms with Crippen LogP contribution in [0.2, 0.25) is 0 Å². The number of hydrogen-bond acceptors (Lipinski definition) is 1. The predicted molar refractivity (Wildman–Crippen MR) is 191 cm³/mol. The molecule has 0 unspecified atom stereocenters. The maximum absolute atomic E-state index is 2.41. The quantitative estimate of drug-likeness (QED) is 0.196. The van der Waals surface area contributed by atoms with Gasteiger partial charge in [0.2, 0.25) is 0 Å². The molecule has 2 heterocycles. The average Bonchev–Trinajstić information content (AvgIpc) is 3.72. The largest absolute Gasteiger partial charge is 0.309 e. The third-order valence-corrected chi connectivity index (χ3v) is 9.25. The molecule has 1 nitrogen and oxygen atoms in total. The lowest BCUT2D eigenvalue weighted by atomic mass is 9.94. The molecule has 0 aliphatic carbocycles. The Morgan fingerprint density at radius 1 is 0.409 bits per heavy atom. The lowest BCUT2D eigenvalue weighted by Crippen LogP contribution is -1.94. The summed E-state index contributed by atoms with van der Waals surface area (Å²) >= 11 is 1.79. The van der Waals surface area contributed by atoms with Crippen LogP contribution in [0.4, 0.5) is 0 Å². The minimum atomic E-state index is 1.18. The highest BCUT2D eigenvalue weighted by molar-refractivity contribution is 7.17. The van der Waals surface area contributed by atoms with Crippen LogP contribution in [0.15, 0.2) is 175 Å². The van der Waals surface area contributed by atoms with Gasteiger partial charge >= 0.3 is 0 Å². The molecule has 2 heteroatoms. The molecule has 9 aromatic rings. The van der Waals surface area contributed by atoms with Crippen molar-refractivity contribution in [1.82, 2.24) is 4.57 Å². The first kappa shape index (κ1) is 26.2. The number of fused-ring (bicyclic) bond motifs is 6. The molecule has 9 rings (SSSR count). The first-order valence-corrected chi connectivity index (χ1v) is 15.8. The van der Waals surface area contributed by atoms with Gasteiger partial charge in [-0.25, -0.2) is 0 Å². The Hall–Kier alpha value is -5.44. The van der Waals surface area contributed by atoms with E-state index in [9.17, 15) is 0 Å². The van der Waals surface area contributed by atoms with Gasteiger partial charge in [-0.2, -0.15) is 0 Å². The number of rotatable bonds is 3. The molecule has 7 aromatic carbocycles. The smallest absolute Gasteiger partial charge is 0.0619 e. The predicted octanol–water partition coefficient (Wildman–Crippen LogP) is 12.2. The summed E-state index contributed by atoms with van der Waals surface area (Å²) in [7, 11) is 0. The summed E-state index contributed by atoms with van der Waals surface area (Å²) in [5.74, 6) is 0. The van der Waals surface area contributed by atoms with Crippen molar-refractivity contribution in [3.63, 3.8) is 0 Å². The van der Waals surface area contributed by atoms with Crippen molar-refractivity contribution in [2.75, 3.05) is 0 Å². The van der Waals surface area contributed by atoms with Gasteiger partial charge in [-0.15, -0.1) is 11.3 Å². The van der Waals surface area contributed by atoms with Gasteiger partial charge in [-0.1, -0.05) is 133 Å². The highest BCUT2D eigenvalue weighted by Gasteiger charge is 2.17. The van der Waals surface area contributed by atoms with Gasteiger partial charge in [0.15, 0.2) is 0 Å². The third-order valence-electron chi connectivity index (χ3n) is 8.35. The van der Waals surface area contributed by atoms with E-state index in [0.29, 0.717) is 0 Å². The molecular formula is C42H29NS. The minimum Gasteiger partial charge on any atom is -0.309 e. The molecule has 0 N–H and O–H groups in total. The Morgan fingerprint density at radius 2 is 1.00 bits per heavy atom. The molecule has 44 heavy (non-hydrogen) atoms. The summed E-state index contributed by atoms with van der Waals surface area (Å²) in [6, 6.07) is 60.7. The molecule has 0 atom stereocenters. The summed E-state index contributed by atoms with van der Waals surface area (Å²) in [6.45, 7) is 0. The fourth-order valence-electron chi connectivity index (χ4n) is 6.29. The lowest BCUT2D eigenvalue weighted by molar-refractivity contribution is 1.19. The zero-order valence-corrected chi connectivity index (χ0v) is 24.9. The molecular weight excluding hydrogens is 551 g/mol. The number of thiophene rings is 1. The summed E-state index contributed by atoms with van der Waals surface area (Å²) in [4.78, 5) is 0. The van der Waals surface area contributed by atoms with Crippen LogP contribution in [-0.4, -0.2) is 4.57 Å². The van der Waals surface area contributed by atoms with Crippen LogP contribution in [0, 0.1) is 0 Å². The molecule has 0 bridgehead atoms. The Kier molecular flexibility index (Phi) is 6.75. The van der Waals surface area contributed by atoms with E-state index in [-0.39, 0.29) is 0 Å². The third kappa shape index (κ3) is 4.66. The van der Waals surface area contributed by atoms with Crippen LogP contribution in [0.5, 0.6) is 0 Å². The van der Waals surface area contributed by atoms with Crippen molar-refractivity contribution in [1.29, 1.82) is 0 Å². The molecule has 0 spiro atoms. The molecule has 0 radical (unpaired) electrons. The van der Waals surface area contributed by atoms with Crippen molar-refractivity contribution >= 4 is 54.0 Å². The minimum absolute atomic E-state index is 1.18. The Balaban J connectivity index is 0.000000274. The van der Waals surface area contributed by atoms with Gasteiger partial charge in [-0.3, -0.25) is 0 Å². The number of hydrogen-bond donors (Lipinski definition) is 0. The van der Waals surface area contributed by atoms with Gasteiger partial charge < -0.3 is 4.57 Å².